The number of rotatable bonds is 3. The Bertz CT molecular complexity index is 525. The molecule has 1 aromatic carbocycles. The predicted molar refractivity (Wildman–Crippen MR) is 75.1 cm³/mol. The molecule has 5 heteroatoms. The van der Waals surface area contributed by atoms with Gasteiger partial charge < -0.3 is 0 Å². The monoisotopic (exact) mass is 276 g/mol. The molecule has 2 rings (SSSR count). The van der Waals surface area contributed by atoms with Gasteiger partial charge in [-0.15, -0.1) is 11.8 Å². The summed E-state index contributed by atoms with van der Waals surface area (Å²) >= 11 is 1.74. The van der Waals surface area contributed by atoms with Crippen molar-refractivity contribution < 1.29 is 4.92 Å². The third kappa shape index (κ3) is 3.48. The van der Waals surface area contributed by atoms with Gasteiger partial charge in [-0.25, -0.2) is 0 Å². The standard InChI is InChI=1S/C14H16N2O2S/c1-10-3-2-4-12(7-10)19-13-5-6-14(16(17)18)11(8-13)9-15/h5-6,8,10,12H,2-4,7H2,1H3. The van der Waals surface area contributed by atoms with E-state index in [0.29, 0.717) is 5.25 Å². The summed E-state index contributed by atoms with van der Waals surface area (Å²) in [6, 6.07) is 6.74. The van der Waals surface area contributed by atoms with Crippen LogP contribution in [0.5, 0.6) is 0 Å². The first-order chi connectivity index (χ1) is 9.10. The molecule has 0 heterocycles. The summed E-state index contributed by atoms with van der Waals surface area (Å²) in [6.45, 7) is 2.27. The molecule has 0 spiro atoms. The average molecular weight is 276 g/mol. The highest BCUT2D eigenvalue weighted by molar-refractivity contribution is 8.00. The van der Waals surface area contributed by atoms with Crippen LogP contribution in [0.15, 0.2) is 23.1 Å². The fourth-order valence-corrected chi connectivity index (χ4v) is 3.94. The zero-order valence-electron chi connectivity index (χ0n) is 10.8. The Kier molecular flexibility index (Phi) is 4.43. The van der Waals surface area contributed by atoms with Crippen LogP contribution in [0, 0.1) is 27.4 Å². The molecular formula is C14H16N2O2S. The minimum atomic E-state index is -0.504. The molecule has 19 heavy (non-hydrogen) atoms. The lowest BCUT2D eigenvalue weighted by Crippen LogP contribution is -2.14. The summed E-state index contributed by atoms with van der Waals surface area (Å²) in [6.07, 6.45) is 4.91. The lowest BCUT2D eigenvalue weighted by atomic mass is 9.91. The number of thioether (sulfide) groups is 1. The zero-order valence-corrected chi connectivity index (χ0v) is 11.7. The van der Waals surface area contributed by atoms with E-state index < -0.39 is 4.92 Å². The van der Waals surface area contributed by atoms with E-state index in [1.165, 1.54) is 31.7 Å². The molecular weight excluding hydrogens is 260 g/mol. The number of hydrogen-bond donors (Lipinski definition) is 0. The third-order valence-electron chi connectivity index (χ3n) is 3.48. The van der Waals surface area contributed by atoms with Crippen molar-refractivity contribution in [1.29, 1.82) is 5.26 Å². The Morgan fingerprint density at radius 3 is 2.89 bits per heavy atom. The molecule has 1 aliphatic rings. The van der Waals surface area contributed by atoms with Gasteiger partial charge in [-0.2, -0.15) is 5.26 Å². The molecule has 1 aliphatic carbocycles. The van der Waals surface area contributed by atoms with Crippen molar-refractivity contribution in [2.24, 2.45) is 5.92 Å². The summed E-state index contributed by atoms with van der Waals surface area (Å²) < 4.78 is 0. The quantitative estimate of drug-likeness (QED) is 0.614. The molecule has 0 saturated heterocycles. The van der Waals surface area contributed by atoms with Gasteiger partial charge in [0.05, 0.1) is 4.92 Å². The van der Waals surface area contributed by atoms with Gasteiger partial charge in [0.15, 0.2) is 0 Å². The Hall–Kier alpha value is -1.54. The van der Waals surface area contributed by atoms with Crippen LogP contribution in [-0.2, 0) is 0 Å². The SMILES string of the molecule is CC1CCCC(Sc2ccc([N+](=O)[O-])c(C#N)c2)C1. The van der Waals surface area contributed by atoms with Gasteiger partial charge in [0.1, 0.15) is 11.6 Å². The Balaban J connectivity index is 2.13. The van der Waals surface area contributed by atoms with Crippen LogP contribution in [0.4, 0.5) is 5.69 Å². The lowest BCUT2D eigenvalue weighted by Gasteiger charge is -2.26. The molecule has 0 radical (unpaired) electrons. The molecule has 1 fully saturated rings. The average Bonchev–Trinajstić information content (AvgIpc) is 2.38. The summed E-state index contributed by atoms with van der Waals surface area (Å²) in [5, 5.41) is 20.3. The van der Waals surface area contributed by atoms with Crippen LogP contribution >= 0.6 is 11.8 Å². The summed E-state index contributed by atoms with van der Waals surface area (Å²) in [7, 11) is 0. The number of nitro benzene ring substituents is 1. The van der Waals surface area contributed by atoms with Crippen molar-refractivity contribution >= 4 is 17.4 Å². The zero-order chi connectivity index (χ0) is 13.8. The van der Waals surface area contributed by atoms with Gasteiger partial charge in [0.25, 0.3) is 5.69 Å². The summed E-state index contributed by atoms with van der Waals surface area (Å²) in [4.78, 5) is 11.2. The number of hydrogen-bond acceptors (Lipinski definition) is 4. The molecule has 0 bridgehead atoms. The molecule has 0 N–H and O–H groups in total. The molecule has 0 aliphatic heterocycles. The maximum absolute atomic E-state index is 10.8. The fraction of sp³-hybridized carbons (Fsp3) is 0.500. The van der Waals surface area contributed by atoms with Gasteiger partial charge in [-0.3, -0.25) is 10.1 Å². The van der Waals surface area contributed by atoms with Crippen molar-refractivity contribution in [3.8, 4) is 6.07 Å². The van der Waals surface area contributed by atoms with E-state index in [0.717, 1.165) is 10.8 Å². The Morgan fingerprint density at radius 2 is 2.26 bits per heavy atom. The summed E-state index contributed by atoms with van der Waals surface area (Å²) in [5.74, 6) is 0.750. The molecule has 1 saturated carbocycles. The van der Waals surface area contributed by atoms with Crippen LogP contribution in [0.1, 0.15) is 38.2 Å². The van der Waals surface area contributed by atoms with E-state index in [1.807, 2.05) is 6.07 Å². The third-order valence-corrected chi connectivity index (χ3v) is 4.76. The molecule has 1 aromatic rings. The molecule has 2 atom stereocenters. The van der Waals surface area contributed by atoms with Crippen molar-refractivity contribution in [1.82, 2.24) is 0 Å². The number of nitrogens with zero attached hydrogens (tertiary/aromatic N) is 2. The first-order valence-electron chi connectivity index (χ1n) is 6.45. The number of nitro groups is 1. The van der Waals surface area contributed by atoms with Crippen molar-refractivity contribution in [3.05, 3.63) is 33.9 Å². The Labute approximate surface area is 117 Å². The minimum absolute atomic E-state index is 0.108. The van der Waals surface area contributed by atoms with Crippen LogP contribution in [0.3, 0.4) is 0 Å². The van der Waals surface area contributed by atoms with Gasteiger partial charge in [0.2, 0.25) is 0 Å². The van der Waals surface area contributed by atoms with E-state index in [9.17, 15) is 10.1 Å². The Morgan fingerprint density at radius 1 is 1.47 bits per heavy atom. The first kappa shape index (κ1) is 13.9. The van der Waals surface area contributed by atoms with E-state index in [1.54, 1.807) is 23.9 Å². The first-order valence-corrected chi connectivity index (χ1v) is 7.33. The van der Waals surface area contributed by atoms with Crippen LogP contribution in [-0.4, -0.2) is 10.2 Å². The van der Waals surface area contributed by atoms with Crippen molar-refractivity contribution in [2.75, 3.05) is 0 Å². The smallest absolute Gasteiger partial charge is 0.258 e. The molecule has 100 valence electrons. The van der Waals surface area contributed by atoms with Crippen molar-refractivity contribution in [2.45, 2.75) is 42.8 Å². The minimum Gasteiger partial charge on any atom is -0.258 e. The van der Waals surface area contributed by atoms with Gasteiger partial charge in [-0.05, 0) is 30.9 Å². The highest BCUT2D eigenvalue weighted by atomic mass is 32.2. The van der Waals surface area contributed by atoms with Crippen LogP contribution in [0.25, 0.3) is 0 Å². The maximum Gasteiger partial charge on any atom is 0.287 e. The molecule has 4 nitrogen and oxygen atoms in total. The van der Waals surface area contributed by atoms with Gasteiger partial charge in [-0.1, -0.05) is 19.8 Å². The van der Waals surface area contributed by atoms with E-state index in [-0.39, 0.29) is 11.3 Å². The maximum atomic E-state index is 10.8. The normalized spacial score (nSPS) is 22.7. The van der Waals surface area contributed by atoms with Crippen LogP contribution in [0.2, 0.25) is 0 Å². The highest BCUT2D eigenvalue weighted by Crippen LogP contribution is 2.37. The van der Waals surface area contributed by atoms with E-state index in [4.69, 9.17) is 5.26 Å². The second-order valence-electron chi connectivity index (χ2n) is 5.06. The topological polar surface area (TPSA) is 66.9 Å². The largest absolute Gasteiger partial charge is 0.287 e. The predicted octanol–water partition coefficient (Wildman–Crippen LogP) is 4.14. The van der Waals surface area contributed by atoms with Gasteiger partial charge in [0, 0.05) is 16.2 Å². The molecule has 0 aromatic heterocycles. The summed E-state index contributed by atoms with van der Waals surface area (Å²) in [5.41, 5.74) is 0.0442. The van der Waals surface area contributed by atoms with Gasteiger partial charge >= 0.3 is 0 Å². The fourth-order valence-electron chi connectivity index (χ4n) is 2.52. The molecule has 2 unspecified atom stereocenters. The van der Waals surface area contributed by atoms with E-state index >= 15 is 0 Å². The van der Waals surface area contributed by atoms with Crippen molar-refractivity contribution in [3.63, 3.8) is 0 Å². The highest BCUT2D eigenvalue weighted by Gasteiger charge is 2.21. The van der Waals surface area contributed by atoms with Crippen LogP contribution < -0.4 is 0 Å². The number of nitriles is 1. The second-order valence-corrected chi connectivity index (χ2v) is 6.43. The second kappa shape index (κ2) is 6.07. The number of benzene rings is 1. The molecule has 0 amide bonds. The van der Waals surface area contributed by atoms with E-state index in [2.05, 4.69) is 6.92 Å². The lowest BCUT2D eigenvalue weighted by molar-refractivity contribution is -0.385.